The highest BCUT2D eigenvalue weighted by atomic mass is 32.2. The normalized spacial score (nSPS) is 11.0. The number of nitrogens with zero attached hydrogens (tertiary/aromatic N) is 1. The van der Waals surface area contributed by atoms with Crippen molar-refractivity contribution in [2.24, 2.45) is 0 Å². The number of benzene rings is 3. The highest BCUT2D eigenvalue weighted by Crippen LogP contribution is 2.26. The second-order valence-electron chi connectivity index (χ2n) is 6.05. The van der Waals surface area contributed by atoms with Crippen LogP contribution in [0, 0.1) is 5.82 Å². The number of methoxy groups -OCH3 is 1. The van der Waals surface area contributed by atoms with Gasteiger partial charge in [-0.15, -0.1) is 0 Å². The van der Waals surface area contributed by atoms with Crippen LogP contribution < -0.4 is 14.4 Å². The molecule has 3 rings (SSSR count). The molecule has 0 aromatic heterocycles. The topological polar surface area (TPSA) is 75.7 Å². The molecule has 0 saturated carbocycles. The molecule has 0 saturated heterocycles. The zero-order valence-corrected chi connectivity index (χ0v) is 16.4. The van der Waals surface area contributed by atoms with E-state index in [2.05, 4.69) is 5.32 Å². The molecule has 29 heavy (non-hydrogen) atoms. The molecule has 0 heterocycles. The van der Waals surface area contributed by atoms with E-state index in [9.17, 15) is 17.6 Å². The third-order valence-corrected chi connectivity index (χ3v) is 5.90. The number of hydrogen-bond donors (Lipinski definition) is 1. The van der Waals surface area contributed by atoms with Crippen LogP contribution in [-0.4, -0.2) is 28.0 Å². The molecule has 0 spiro atoms. The van der Waals surface area contributed by atoms with E-state index < -0.39 is 28.3 Å². The van der Waals surface area contributed by atoms with Crippen LogP contribution >= 0.6 is 0 Å². The number of para-hydroxylation sites is 2. The van der Waals surface area contributed by atoms with Crippen molar-refractivity contribution in [3.63, 3.8) is 0 Å². The van der Waals surface area contributed by atoms with E-state index in [0.717, 1.165) is 16.4 Å². The first-order valence-electron chi connectivity index (χ1n) is 8.68. The molecule has 0 atom stereocenters. The molecule has 0 unspecified atom stereocenters. The fourth-order valence-electron chi connectivity index (χ4n) is 2.71. The Labute approximate surface area is 168 Å². The molecule has 1 amide bonds. The second kappa shape index (κ2) is 8.74. The van der Waals surface area contributed by atoms with E-state index in [1.807, 2.05) is 0 Å². The molecule has 3 aromatic carbocycles. The van der Waals surface area contributed by atoms with Gasteiger partial charge in [-0.2, -0.15) is 0 Å². The summed E-state index contributed by atoms with van der Waals surface area (Å²) in [7, 11) is -2.58. The molecule has 1 N–H and O–H groups in total. The monoisotopic (exact) mass is 414 g/mol. The van der Waals surface area contributed by atoms with Crippen LogP contribution in [0.5, 0.6) is 5.75 Å². The Bertz CT molecular complexity index is 1090. The number of halogens is 1. The number of hydrogen-bond acceptors (Lipinski definition) is 4. The minimum absolute atomic E-state index is 0.0226. The minimum atomic E-state index is -4.05. The van der Waals surface area contributed by atoms with Crippen molar-refractivity contribution < 1.29 is 22.3 Å². The zero-order chi connectivity index (χ0) is 20.9. The first kappa shape index (κ1) is 20.3. The molecular formula is C21H19FN2O4S. The average molecular weight is 414 g/mol. The molecule has 0 radical (unpaired) electrons. The summed E-state index contributed by atoms with van der Waals surface area (Å²) >= 11 is 0. The van der Waals surface area contributed by atoms with E-state index in [1.54, 1.807) is 42.5 Å². The predicted molar refractivity (Wildman–Crippen MR) is 109 cm³/mol. The van der Waals surface area contributed by atoms with E-state index in [-0.39, 0.29) is 10.6 Å². The highest BCUT2D eigenvalue weighted by Gasteiger charge is 2.27. The zero-order valence-electron chi connectivity index (χ0n) is 15.6. The largest absolute Gasteiger partial charge is 0.495 e. The molecule has 0 aliphatic heterocycles. The van der Waals surface area contributed by atoms with Gasteiger partial charge in [0.1, 0.15) is 18.1 Å². The molecular weight excluding hydrogens is 395 g/mol. The third kappa shape index (κ3) is 4.72. The molecule has 6 nitrogen and oxygen atoms in total. The average Bonchev–Trinajstić information content (AvgIpc) is 2.74. The Morgan fingerprint density at radius 2 is 1.59 bits per heavy atom. The number of sulfonamides is 1. The Morgan fingerprint density at radius 3 is 2.24 bits per heavy atom. The van der Waals surface area contributed by atoms with Gasteiger partial charge in [0.2, 0.25) is 5.91 Å². The fraction of sp³-hybridized carbons (Fsp3) is 0.0952. The third-order valence-electron chi connectivity index (χ3n) is 4.11. The van der Waals surface area contributed by atoms with Crippen LogP contribution in [-0.2, 0) is 14.8 Å². The van der Waals surface area contributed by atoms with Gasteiger partial charge in [0.05, 0.1) is 23.4 Å². The van der Waals surface area contributed by atoms with E-state index in [0.29, 0.717) is 11.4 Å². The molecule has 0 aliphatic rings. The Morgan fingerprint density at radius 1 is 0.966 bits per heavy atom. The first-order chi connectivity index (χ1) is 13.9. The molecule has 0 aliphatic carbocycles. The smallest absolute Gasteiger partial charge is 0.264 e. The molecule has 8 heteroatoms. The SMILES string of the molecule is COc1ccccc1NC(=O)CN(c1ccc(F)cc1)S(=O)(=O)c1ccccc1. The maximum absolute atomic E-state index is 13.3. The first-order valence-corrected chi connectivity index (χ1v) is 10.1. The predicted octanol–water partition coefficient (Wildman–Crippen LogP) is 3.67. The summed E-state index contributed by atoms with van der Waals surface area (Å²) in [5, 5.41) is 2.65. The number of ether oxygens (including phenoxy) is 1. The van der Waals surface area contributed by atoms with E-state index >= 15 is 0 Å². The van der Waals surface area contributed by atoms with Gasteiger partial charge in [0.15, 0.2) is 0 Å². The van der Waals surface area contributed by atoms with Crippen LogP contribution in [0.15, 0.2) is 83.8 Å². The van der Waals surface area contributed by atoms with Crippen molar-refractivity contribution in [1.29, 1.82) is 0 Å². The molecule has 0 bridgehead atoms. The quantitative estimate of drug-likeness (QED) is 0.640. The fourth-order valence-corrected chi connectivity index (χ4v) is 4.15. The summed E-state index contributed by atoms with van der Waals surface area (Å²) in [6, 6.07) is 19.4. The molecule has 3 aromatic rings. The van der Waals surface area contributed by atoms with Gasteiger partial charge < -0.3 is 10.1 Å². The van der Waals surface area contributed by atoms with Crippen LogP contribution in [0.3, 0.4) is 0 Å². The van der Waals surface area contributed by atoms with Gasteiger partial charge >= 0.3 is 0 Å². The van der Waals surface area contributed by atoms with Crippen molar-refractivity contribution in [1.82, 2.24) is 0 Å². The summed E-state index contributed by atoms with van der Waals surface area (Å²) < 4.78 is 45.8. The number of nitrogens with one attached hydrogen (secondary N) is 1. The summed E-state index contributed by atoms with van der Waals surface area (Å²) in [4.78, 5) is 12.7. The van der Waals surface area contributed by atoms with Crippen LogP contribution in [0.4, 0.5) is 15.8 Å². The van der Waals surface area contributed by atoms with E-state index in [1.165, 1.54) is 31.4 Å². The Hall–Kier alpha value is -3.39. The second-order valence-corrected chi connectivity index (χ2v) is 7.91. The summed E-state index contributed by atoms with van der Waals surface area (Å²) in [5.74, 6) is -0.636. The van der Waals surface area contributed by atoms with E-state index in [4.69, 9.17) is 4.74 Å². The standard InChI is InChI=1S/C21H19FN2O4S/c1-28-20-10-6-5-9-19(20)23-21(25)15-24(17-13-11-16(22)12-14-17)29(26,27)18-7-3-2-4-8-18/h2-14H,15H2,1H3,(H,23,25). The Balaban J connectivity index is 1.93. The number of rotatable bonds is 7. The van der Waals surface area contributed by atoms with Gasteiger partial charge in [-0.3, -0.25) is 9.10 Å². The number of carbonyl (C=O) groups is 1. The highest BCUT2D eigenvalue weighted by molar-refractivity contribution is 7.92. The van der Waals surface area contributed by atoms with Gasteiger partial charge in [-0.1, -0.05) is 30.3 Å². The van der Waals surface area contributed by atoms with Gasteiger partial charge in [0.25, 0.3) is 10.0 Å². The van der Waals surface area contributed by atoms with Gasteiger partial charge in [-0.25, -0.2) is 12.8 Å². The van der Waals surface area contributed by atoms with Crippen molar-refractivity contribution >= 4 is 27.3 Å². The maximum atomic E-state index is 13.3. The van der Waals surface area contributed by atoms with Crippen molar-refractivity contribution in [2.75, 3.05) is 23.3 Å². The van der Waals surface area contributed by atoms with Gasteiger partial charge in [-0.05, 0) is 48.5 Å². The van der Waals surface area contributed by atoms with Crippen molar-refractivity contribution in [2.45, 2.75) is 4.90 Å². The number of carbonyl (C=O) groups excluding carboxylic acids is 1. The lowest BCUT2D eigenvalue weighted by atomic mass is 10.3. The summed E-state index contributed by atoms with van der Waals surface area (Å²) in [5.41, 5.74) is 0.585. The maximum Gasteiger partial charge on any atom is 0.264 e. The van der Waals surface area contributed by atoms with Crippen molar-refractivity contribution in [3.05, 3.63) is 84.7 Å². The lowest BCUT2D eigenvalue weighted by Crippen LogP contribution is -2.38. The summed E-state index contributed by atoms with van der Waals surface area (Å²) in [6.45, 7) is -0.499. The number of amides is 1. The van der Waals surface area contributed by atoms with Gasteiger partial charge in [0, 0.05) is 0 Å². The Kier molecular flexibility index (Phi) is 6.13. The van der Waals surface area contributed by atoms with Crippen molar-refractivity contribution in [3.8, 4) is 5.75 Å². The lowest BCUT2D eigenvalue weighted by molar-refractivity contribution is -0.114. The minimum Gasteiger partial charge on any atom is -0.495 e. The van der Waals surface area contributed by atoms with Crippen LogP contribution in [0.1, 0.15) is 0 Å². The van der Waals surface area contributed by atoms with Crippen LogP contribution in [0.25, 0.3) is 0 Å². The molecule has 0 fully saturated rings. The van der Waals surface area contributed by atoms with Crippen LogP contribution in [0.2, 0.25) is 0 Å². The molecule has 150 valence electrons. The number of anilines is 2. The lowest BCUT2D eigenvalue weighted by Gasteiger charge is -2.24. The summed E-state index contributed by atoms with van der Waals surface area (Å²) in [6.07, 6.45) is 0.